The molecule has 1 aromatic carbocycles. The van der Waals surface area contributed by atoms with Crippen LogP contribution in [0.25, 0.3) is 0 Å². The van der Waals surface area contributed by atoms with Gasteiger partial charge >= 0.3 is 5.97 Å². The summed E-state index contributed by atoms with van der Waals surface area (Å²) < 4.78 is 5.09. The Labute approximate surface area is 124 Å². The SMILES string of the molecule is COc1ccc(CCCC(=O)NC2(C(=O)O)CCC2)cc1. The molecule has 5 heteroatoms. The molecule has 5 nitrogen and oxygen atoms in total. The van der Waals surface area contributed by atoms with Crippen molar-refractivity contribution in [1.82, 2.24) is 5.32 Å². The fourth-order valence-electron chi connectivity index (χ4n) is 2.50. The normalized spacial score (nSPS) is 15.9. The molecule has 0 heterocycles. The standard InChI is InChI=1S/C16H21NO4/c1-21-13-8-6-12(7-9-13)4-2-5-14(18)17-16(15(19)20)10-3-11-16/h6-9H,2-5,10-11H2,1H3,(H,17,18)(H,19,20). The second-order valence-corrected chi connectivity index (χ2v) is 5.49. The predicted octanol–water partition coefficient (Wildman–Crippen LogP) is 2.14. The van der Waals surface area contributed by atoms with E-state index in [0.29, 0.717) is 25.7 Å². The fraction of sp³-hybridized carbons (Fsp3) is 0.500. The second kappa shape index (κ2) is 6.61. The van der Waals surface area contributed by atoms with Crippen molar-refractivity contribution in [3.63, 3.8) is 0 Å². The Balaban J connectivity index is 1.75. The predicted molar refractivity (Wildman–Crippen MR) is 78.3 cm³/mol. The minimum absolute atomic E-state index is 0.175. The van der Waals surface area contributed by atoms with Gasteiger partial charge in [-0.15, -0.1) is 0 Å². The largest absolute Gasteiger partial charge is 0.497 e. The third-order valence-corrected chi connectivity index (χ3v) is 4.02. The summed E-state index contributed by atoms with van der Waals surface area (Å²) in [5, 5.41) is 11.8. The first-order valence-electron chi connectivity index (χ1n) is 7.23. The number of hydrogen-bond acceptors (Lipinski definition) is 3. The van der Waals surface area contributed by atoms with Gasteiger partial charge in [0.1, 0.15) is 11.3 Å². The van der Waals surface area contributed by atoms with E-state index in [9.17, 15) is 9.59 Å². The summed E-state index contributed by atoms with van der Waals surface area (Å²) in [5.41, 5.74) is 0.136. The fourth-order valence-corrected chi connectivity index (χ4v) is 2.50. The summed E-state index contributed by atoms with van der Waals surface area (Å²) >= 11 is 0. The lowest BCUT2D eigenvalue weighted by atomic mass is 9.76. The van der Waals surface area contributed by atoms with Gasteiger partial charge in [-0.25, -0.2) is 4.79 Å². The number of aryl methyl sites for hydroxylation is 1. The van der Waals surface area contributed by atoms with E-state index in [2.05, 4.69) is 5.32 Å². The van der Waals surface area contributed by atoms with Crippen molar-refractivity contribution in [1.29, 1.82) is 0 Å². The van der Waals surface area contributed by atoms with Crippen molar-refractivity contribution in [2.75, 3.05) is 7.11 Å². The average Bonchev–Trinajstić information content (AvgIpc) is 2.43. The highest BCUT2D eigenvalue weighted by molar-refractivity contribution is 5.87. The van der Waals surface area contributed by atoms with Crippen LogP contribution >= 0.6 is 0 Å². The highest BCUT2D eigenvalue weighted by Crippen LogP contribution is 2.32. The maximum absolute atomic E-state index is 11.9. The van der Waals surface area contributed by atoms with Gasteiger partial charge in [-0.1, -0.05) is 12.1 Å². The molecule has 0 radical (unpaired) electrons. The van der Waals surface area contributed by atoms with Crippen molar-refractivity contribution in [3.8, 4) is 5.75 Å². The molecule has 2 rings (SSSR count). The third-order valence-electron chi connectivity index (χ3n) is 4.02. The number of benzene rings is 1. The van der Waals surface area contributed by atoms with Gasteiger partial charge in [0.05, 0.1) is 7.11 Å². The van der Waals surface area contributed by atoms with Gasteiger partial charge in [0.2, 0.25) is 5.91 Å². The maximum Gasteiger partial charge on any atom is 0.329 e. The van der Waals surface area contributed by atoms with Crippen molar-refractivity contribution in [2.24, 2.45) is 0 Å². The average molecular weight is 291 g/mol. The van der Waals surface area contributed by atoms with E-state index in [-0.39, 0.29) is 5.91 Å². The molecule has 21 heavy (non-hydrogen) atoms. The first-order chi connectivity index (χ1) is 10.1. The maximum atomic E-state index is 11.9. The van der Waals surface area contributed by atoms with Crippen LogP contribution in [0.15, 0.2) is 24.3 Å². The van der Waals surface area contributed by atoms with Crippen LogP contribution in [0.4, 0.5) is 0 Å². The topological polar surface area (TPSA) is 75.6 Å². The lowest BCUT2D eigenvalue weighted by Crippen LogP contribution is -2.59. The molecule has 0 spiro atoms. The van der Waals surface area contributed by atoms with Crippen molar-refractivity contribution in [3.05, 3.63) is 29.8 Å². The van der Waals surface area contributed by atoms with Crippen LogP contribution in [0.2, 0.25) is 0 Å². The van der Waals surface area contributed by atoms with E-state index in [4.69, 9.17) is 9.84 Å². The molecule has 114 valence electrons. The first-order valence-corrected chi connectivity index (χ1v) is 7.23. The number of carboxylic acids is 1. The smallest absolute Gasteiger partial charge is 0.329 e. The summed E-state index contributed by atoms with van der Waals surface area (Å²) in [6, 6.07) is 7.73. The van der Waals surface area contributed by atoms with Crippen molar-refractivity contribution in [2.45, 2.75) is 44.1 Å². The number of amides is 1. The number of methoxy groups -OCH3 is 1. The lowest BCUT2D eigenvalue weighted by molar-refractivity contribution is -0.151. The number of rotatable bonds is 7. The molecule has 1 saturated carbocycles. The molecule has 1 aromatic rings. The molecule has 0 aromatic heterocycles. The zero-order valence-corrected chi connectivity index (χ0v) is 12.2. The van der Waals surface area contributed by atoms with Gasteiger partial charge in [-0.2, -0.15) is 0 Å². The van der Waals surface area contributed by atoms with Gasteiger partial charge in [0.15, 0.2) is 0 Å². The minimum Gasteiger partial charge on any atom is -0.497 e. The van der Waals surface area contributed by atoms with Crippen molar-refractivity contribution >= 4 is 11.9 Å². The molecule has 0 aliphatic heterocycles. The second-order valence-electron chi connectivity index (χ2n) is 5.49. The molecule has 0 saturated heterocycles. The molecule has 1 fully saturated rings. The van der Waals surface area contributed by atoms with Gasteiger partial charge in [0.25, 0.3) is 0 Å². The van der Waals surface area contributed by atoms with Crippen LogP contribution in [0.5, 0.6) is 5.75 Å². The number of carbonyl (C=O) groups is 2. The Morgan fingerprint density at radius 3 is 2.43 bits per heavy atom. The van der Waals surface area contributed by atoms with Crippen molar-refractivity contribution < 1.29 is 19.4 Å². The highest BCUT2D eigenvalue weighted by Gasteiger charge is 2.45. The van der Waals surface area contributed by atoms with Gasteiger partial charge < -0.3 is 15.2 Å². The van der Waals surface area contributed by atoms with E-state index in [0.717, 1.165) is 24.2 Å². The van der Waals surface area contributed by atoms with Crippen LogP contribution < -0.4 is 10.1 Å². The molecule has 2 N–H and O–H groups in total. The number of ether oxygens (including phenoxy) is 1. The summed E-state index contributed by atoms with van der Waals surface area (Å²) in [5.74, 6) is -0.284. The number of aliphatic carboxylic acids is 1. The molecule has 0 unspecified atom stereocenters. The Hall–Kier alpha value is -2.04. The Kier molecular flexibility index (Phi) is 4.83. The van der Waals surface area contributed by atoms with E-state index in [1.54, 1.807) is 7.11 Å². The van der Waals surface area contributed by atoms with Crippen LogP contribution in [0.1, 0.15) is 37.7 Å². The zero-order valence-electron chi connectivity index (χ0n) is 12.2. The number of nitrogens with one attached hydrogen (secondary N) is 1. The van der Waals surface area contributed by atoms with Crippen LogP contribution in [-0.4, -0.2) is 29.6 Å². The zero-order chi connectivity index (χ0) is 15.3. The van der Waals surface area contributed by atoms with Gasteiger partial charge in [-0.05, 0) is 49.8 Å². The molecule has 1 aliphatic carbocycles. The van der Waals surface area contributed by atoms with E-state index in [1.807, 2.05) is 24.3 Å². The van der Waals surface area contributed by atoms with E-state index < -0.39 is 11.5 Å². The number of carbonyl (C=O) groups excluding carboxylic acids is 1. The van der Waals surface area contributed by atoms with Crippen LogP contribution in [0, 0.1) is 0 Å². The Bertz CT molecular complexity index is 506. The summed E-state index contributed by atoms with van der Waals surface area (Å²) in [4.78, 5) is 23.0. The molecule has 0 atom stereocenters. The number of hydrogen-bond donors (Lipinski definition) is 2. The van der Waals surface area contributed by atoms with E-state index >= 15 is 0 Å². The highest BCUT2D eigenvalue weighted by atomic mass is 16.5. The number of carboxylic acid groups (broad SMARTS) is 1. The van der Waals surface area contributed by atoms with E-state index in [1.165, 1.54) is 0 Å². The summed E-state index contributed by atoms with van der Waals surface area (Å²) in [6.45, 7) is 0. The lowest BCUT2D eigenvalue weighted by Gasteiger charge is -2.38. The third kappa shape index (κ3) is 3.74. The van der Waals surface area contributed by atoms with Gasteiger partial charge in [-0.3, -0.25) is 4.79 Å². The minimum atomic E-state index is -1.00. The molecule has 0 bridgehead atoms. The Morgan fingerprint density at radius 2 is 1.95 bits per heavy atom. The van der Waals surface area contributed by atoms with Crippen LogP contribution in [-0.2, 0) is 16.0 Å². The monoisotopic (exact) mass is 291 g/mol. The first kappa shape index (κ1) is 15.4. The molecular weight excluding hydrogens is 270 g/mol. The molecular formula is C16H21NO4. The molecule has 1 amide bonds. The van der Waals surface area contributed by atoms with Gasteiger partial charge in [0, 0.05) is 6.42 Å². The quantitative estimate of drug-likeness (QED) is 0.807. The molecule has 1 aliphatic rings. The summed E-state index contributed by atoms with van der Waals surface area (Å²) in [7, 11) is 1.62. The summed E-state index contributed by atoms with van der Waals surface area (Å²) in [6.07, 6.45) is 3.77. The Morgan fingerprint density at radius 1 is 1.29 bits per heavy atom. The van der Waals surface area contributed by atoms with Crippen LogP contribution in [0.3, 0.4) is 0 Å².